The quantitative estimate of drug-likeness (QED) is 0.641. The number of halogens is 2. The number of rotatable bonds is 8. The first-order valence-corrected chi connectivity index (χ1v) is 10.5. The van der Waals surface area contributed by atoms with E-state index in [1.165, 1.54) is 0 Å². The molecule has 1 aliphatic heterocycles. The molecule has 1 fully saturated rings. The number of amides is 1. The predicted octanol–water partition coefficient (Wildman–Crippen LogP) is 4.44. The Morgan fingerprint density at radius 1 is 1.03 bits per heavy atom. The number of carbonyl (C=O) groups excluding carboxylic acids is 1. The summed E-state index contributed by atoms with van der Waals surface area (Å²) >= 11 is 12.3. The van der Waals surface area contributed by atoms with Crippen LogP contribution < -0.4 is 9.47 Å². The number of ether oxygens (including phenoxy) is 2. The highest BCUT2D eigenvalue weighted by molar-refractivity contribution is 6.31. The molecular formula is C22H23Cl2NO5. The molecule has 0 spiro atoms. The van der Waals surface area contributed by atoms with Crippen molar-refractivity contribution < 1.29 is 24.2 Å². The summed E-state index contributed by atoms with van der Waals surface area (Å²) in [5, 5.41) is 9.92. The largest absolute Gasteiger partial charge is 0.482 e. The van der Waals surface area contributed by atoms with Crippen molar-refractivity contribution in [3.8, 4) is 11.5 Å². The molecule has 2 aromatic rings. The smallest absolute Gasteiger partial charge is 0.341 e. The lowest BCUT2D eigenvalue weighted by Gasteiger charge is -2.22. The molecule has 0 unspecified atom stereocenters. The van der Waals surface area contributed by atoms with Crippen LogP contribution in [0.4, 0.5) is 0 Å². The molecule has 3 rings (SSSR count). The molecule has 1 heterocycles. The number of hydrogen-bond acceptors (Lipinski definition) is 4. The molecule has 1 N–H and O–H groups in total. The van der Waals surface area contributed by atoms with Crippen molar-refractivity contribution in [2.75, 3.05) is 19.7 Å². The zero-order chi connectivity index (χ0) is 21.7. The number of benzene rings is 2. The molecule has 0 aliphatic carbocycles. The summed E-state index contributed by atoms with van der Waals surface area (Å²) in [5.74, 6) is -0.170. The minimum absolute atomic E-state index is 0.0402. The Morgan fingerprint density at radius 2 is 1.60 bits per heavy atom. The summed E-state index contributed by atoms with van der Waals surface area (Å²) < 4.78 is 11.4. The molecule has 0 aromatic heterocycles. The number of carboxylic acids is 1. The standard InChI is InChI=1S/C22H23Cl2NO5/c1-14(22(28)25-8-2-3-9-25)30-20-7-5-18(24)12-16(20)10-15-11-17(23)4-6-19(15)29-13-21(26)27/h4-7,11-12,14H,2-3,8-10,13H2,1H3,(H,26,27)/t14-/m1/s1. The number of carboxylic acid groups (broad SMARTS) is 1. The summed E-state index contributed by atoms with van der Waals surface area (Å²) in [6.45, 7) is 2.79. The van der Waals surface area contributed by atoms with Crippen LogP contribution in [-0.4, -0.2) is 47.7 Å². The average molecular weight is 452 g/mol. The third-order valence-electron chi connectivity index (χ3n) is 4.85. The fourth-order valence-corrected chi connectivity index (χ4v) is 3.80. The van der Waals surface area contributed by atoms with Crippen LogP contribution in [0.5, 0.6) is 11.5 Å². The normalized spacial score (nSPS) is 14.4. The molecule has 6 nitrogen and oxygen atoms in total. The summed E-state index contributed by atoms with van der Waals surface area (Å²) in [6, 6.07) is 10.2. The number of nitrogens with zero attached hydrogens (tertiary/aromatic N) is 1. The van der Waals surface area contributed by atoms with E-state index in [0.29, 0.717) is 33.5 Å². The Hall–Kier alpha value is -2.44. The van der Waals surface area contributed by atoms with Gasteiger partial charge in [0.05, 0.1) is 0 Å². The van der Waals surface area contributed by atoms with Crippen molar-refractivity contribution >= 4 is 35.1 Å². The zero-order valence-electron chi connectivity index (χ0n) is 16.6. The van der Waals surface area contributed by atoms with Crippen LogP contribution in [0.2, 0.25) is 10.0 Å². The van der Waals surface area contributed by atoms with Crippen LogP contribution in [0.3, 0.4) is 0 Å². The summed E-state index contributed by atoms with van der Waals surface area (Å²) in [4.78, 5) is 25.3. The van der Waals surface area contributed by atoms with Crippen molar-refractivity contribution in [1.82, 2.24) is 4.90 Å². The highest BCUT2D eigenvalue weighted by atomic mass is 35.5. The molecular weight excluding hydrogens is 429 g/mol. The molecule has 0 saturated carbocycles. The van der Waals surface area contributed by atoms with E-state index >= 15 is 0 Å². The van der Waals surface area contributed by atoms with Crippen molar-refractivity contribution in [3.05, 3.63) is 57.6 Å². The van der Waals surface area contributed by atoms with Crippen molar-refractivity contribution in [1.29, 1.82) is 0 Å². The zero-order valence-corrected chi connectivity index (χ0v) is 18.1. The van der Waals surface area contributed by atoms with E-state index in [9.17, 15) is 9.59 Å². The van der Waals surface area contributed by atoms with Crippen LogP contribution in [0.1, 0.15) is 30.9 Å². The van der Waals surface area contributed by atoms with Gasteiger partial charge in [-0.1, -0.05) is 23.2 Å². The first kappa shape index (κ1) is 22.2. The van der Waals surface area contributed by atoms with E-state index in [-0.39, 0.29) is 5.91 Å². The summed E-state index contributed by atoms with van der Waals surface area (Å²) in [6.07, 6.45) is 1.73. The molecule has 160 valence electrons. The van der Waals surface area contributed by atoms with Crippen LogP contribution >= 0.6 is 23.2 Å². The maximum Gasteiger partial charge on any atom is 0.341 e. The van der Waals surface area contributed by atoms with E-state index < -0.39 is 18.7 Å². The minimum Gasteiger partial charge on any atom is -0.482 e. The van der Waals surface area contributed by atoms with Crippen LogP contribution in [-0.2, 0) is 16.0 Å². The van der Waals surface area contributed by atoms with Crippen LogP contribution in [0.25, 0.3) is 0 Å². The van der Waals surface area contributed by atoms with Gasteiger partial charge in [0.1, 0.15) is 11.5 Å². The second-order valence-corrected chi connectivity index (χ2v) is 8.03. The number of hydrogen-bond donors (Lipinski definition) is 1. The van der Waals surface area contributed by atoms with Crippen molar-refractivity contribution in [2.45, 2.75) is 32.3 Å². The monoisotopic (exact) mass is 451 g/mol. The molecule has 8 heteroatoms. The molecule has 1 saturated heterocycles. The van der Waals surface area contributed by atoms with Gasteiger partial charge in [0.15, 0.2) is 12.7 Å². The fraction of sp³-hybridized carbons (Fsp3) is 0.364. The second kappa shape index (κ2) is 10.0. The lowest BCUT2D eigenvalue weighted by Crippen LogP contribution is -2.38. The molecule has 1 amide bonds. The highest BCUT2D eigenvalue weighted by Gasteiger charge is 2.25. The third-order valence-corrected chi connectivity index (χ3v) is 5.32. The van der Waals surface area contributed by atoms with E-state index in [1.54, 1.807) is 43.3 Å². The molecule has 30 heavy (non-hydrogen) atoms. The van der Waals surface area contributed by atoms with Gasteiger partial charge in [-0.3, -0.25) is 4.79 Å². The fourth-order valence-electron chi connectivity index (χ4n) is 3.41. The number of aliphatic carboxylic acids is 1. The van der Waals surface area contributed by atoms with Gasteiger partial charge < -0.3 is 19.5 Å². The van der Waals surface area contributed by atoms with Crippen LogP contribution in [0.15, 0.2) is 36.4 Å². The second-order valence-electron chi connectivity index (χ2n) is 7.16. The first-order valence-electron chi connectivity index (χ1n) is 9.70. The van der Waals surface area contributed by atoms with Gasteiger partial charge in [-0.2, -0.15) is 0 Å². The average Bonchev–Trinajstić information content (AvgIpc) is 3.23. The Balaban J connectivity index is 1.83. The van der Waals surface area contributed by atoms with Gasteiger partial charge in [-0.25, -0.2) is 4.79 Å². The van der Waals surface area contributed by atoms with Gasteiger partial charge in [0, 0.05) is 40.7 Å². The topological polar surface area (TPSA) is 76.1 Å². The lowest BCUT2D eigenvalue weighted by atomic mass is 10.0. The maximum absolute atomic E-state index is 12.6. The lowest BCUT2D eigenvalue weighted by molar-refractivity contribution is -0.139. The maximum atomic E-state index is 12.6. The first-order chi connectivity index (χ1) is 14.3. The van der Waals surface area contributed by atoms with Gasteiger partial charge in [-0.05, 0) is 56.2 Å². The Kier molecular flexibility index (Phi) is 7.45. The summed E-state index contributed by atoms with van der Waals surface area (Å²) in [5.41, 5.74) is 1.43. The summed E-state index contributed by atoms with van der Waals surface area (Å²) in [7, 11) is 0. The van der Waals surface area contributed by atoms with Gasteiger partial charge in [0.25, 0.3) is 5.91 Å². The van der Waals surface area contributed by atoms with Crippen LogP contribution in [0, 0.1) is 0 Å². The van der Waals surface area contributed by atoms with Gasteiger partial charge >= 0.3 is 5.97 Å². The van der Waals surface area contributed by atoms with Crippen molar-refractivity contribution in [3.63, 3.8) is 0 Å². The SMILES string of the molecule is C[C@@H](Oc1ccc(Cl)cc1Cc1cc(Cl)ccc1OCC(=O)O)C(=O)N1CCCC1. The van der Waals surface area contributed by atoms with Crippen molar-refractivity contribution in [2.24, 2.45) is 0 Å². The Bertz CT molecular complexity index is 928. The number of carbonyl (C=O) groups is 2. The minimum atomic E-state index is -1.07. The van der Waals surface area contributed by atoms with Gasteiger partial charge in [0.2, 0.25) is 0 Å². The van der Waals surface area contributed by atoms with E-state index in [2.05, 4.69) is 0 Å². The predicted molar refractivity (Wildman–Crippen MR) is 115 cm³/mol. The molecule has 0 radical (unpaired) electrons. The third kappa shape index (κ3) is 5.80. The molecule has 1 aliphatic rings. The number of likely N-dealkylation sites (tertiary alicyclic amines) is 1. The molecule has 2 aromatic carbocycles. The van der Waals surface area contributed by atoms with E-state index in [4.69, 9.17) is 37.8 Å². The Morgan fingerprint density at radius 3 is 2.20 bits per heavy atom. The Labute approximate surface area is 185 Å². The highest BCUT2D eigenvalue weighted by Crippen LogP contribution is 2.31. The molecule has 1 atom stereocenters. The van der Waals surface area contributed by atoms with Gasteiger partial charge in [-0.15, -0.1) is 0 Å². The van der Waals surface area contributed by atoms with E-state index in [0.717, 1.165) is 31.5 Å². The van der Waals surface area contributed by atoms with E-state index in [1.807, 2.05) is 4.90 Å². The molecule has 0 bridgehead atoms.